The standard InChI is InChI=1S/C27H20BrFN4O3S2/c28-18-7-5-17(6-8-18)15-23(32-25(35)21-3-1-2-4-22(21)29)26(36)31-19-9-11-20(12-10-19)38-16-24(34)33-27-30-13-14-37-27/h1-15H,16H2,(H,31,36)(H,32,35)(H,30,33,34)/b23-15+. The van der Waals surface area contributed by atoms with Crippen molar-refractivity contribution < 1.29 is 18.8 Å². The molecule has 0 aliphatic heterocycles. The van der Waals surface area contributed by atoms with Crippen LogP contribution >= 0.6 is 39.0 Å². The van der Waals surface area contributed by atoms with Crippen LogP contribution in [0.4, 0.5) is 15.2 Å². The minimum atomic E-state index is -0.746. The lowest BCUT2D eigenvalue weighted by molar-refractivity contribution is -0.114. The molecule has 7 nitrogen and oxygen atoms in total. The van der Waals surface area contributed by atoms with E-state index in [-0.39, 0.29) is 22.9 Å². The number of thioether (sulfide) groups is 1. The first-order valence-corrected chi connectivity index (χ1v) is 13.8. The molecule has 4 aromatic rings. The Hall–Kier alpha value is -3.80. The van der Waals surface area contributed by atoms with Gasteiger partial charge in [-0.1, -0.05) is 40.2 Å². The lowest BCUT2D eigenvalue weighted by atomic mass is 10.1. The number of rotatable bonds is 9. The minimum Gasteiger partial charge on any atom is -0.321 e. The maximum Gasteiger partial charge on any atom is 0.272 e. The van der Waals surface area contributed by atoms with Crippen LogP contribution in [-0.2, 0) is 9.59 Å². The number of amides is 3. The molecule has 1 aromatic heterocycles. The van der Waals surface area contributed by atoms with Gasteiger partial charge >= 0.3 is 0 Å². The molecule has 0 aliphatic carbocycles. The van der Waals surface area contributed by atoms with Crippen molar-refractivity contribution in [2.75, 3.05) is 16.4 Å². The van der Waals surface area contributed by atoms with E-state index in [0.29, 0.717) is 16.4 Å². The van der Waals surface area contributed by atoms with Gasteiger partial charge in [-0.15, -0.1) is 23.1 Å². The molecule has 3 aromatic carbocycles. The van der Waals surface area contributed by atoms with Crippen molar-refractivity contribution in [3.8, 4) is 0 Å². The van der Waals surface area contributed by atoms with Gasteiger partial charge in [-0.25, -0.2) is 9.37 Å². The van der Waals surface area contributed by atoms with E-state index in [0.717, 1.165) is 9.37 Å². The first-order chi connectivity index (χ1) is 18.4. The van der Waals surface area contributed by atoms with Gasteiger partial charge in [0.25, 0.3) is 11.8 Å². The Morgan fingerprint density at radius 2 is 1.71 bits per heavy atom. The maximum absolute atomic E-state index is 14.1. The Kier molecular flexibility index (Phi) is 9.41. The number of benzene rings is 3. The van der Waals surface area contributed by atoms with Crippen molar-refractivity contribution in [1.82, 2.24) is 10.3 Å². The van der Waals surface area contributed by atoms with Gasteiger partial charge in [-0.3, -0.25) is 14.4 Å². The SMILES string of the molecule is O=C(CSc1ccc(NC(=O)/C(=C\c2ccc(Br)cc2)NC(=O)c2ccccc2F)cc1)Nc1nccs1. The molecule has 0 bridgehead atoms. The molecular weight excluding hydrogens is 591 g/mol. The predicted molar refractivity (Wildman–Crippen MR) is 153 cm³/mol. The first-order valence-electron chi connectivity index (χ1n) is 11.1. The van der Waals surface area contributed by atoms with Crippen LogP contribution in [0.15, 0.2) is 99.4 Å². The summed E-state index contributed by atoms with van der Waals surface area (Å²) in [6, 6.07) is 19.6. The molecule has 0 saturated heterocycles. The van der Waals surface area contributed by atoms with Gasteiger partial charge in [-0.05, 0) is 60.2 Å². The van der Waals surface area contributed by atoms with E-state index < -0.39 is 17.6 Å². The summed E-state index contributed by atoms with van der Waals surface area (Å²) in [5.41, 5.74) is 0.906. The van der Waals surface area contributed by atoms with Crippen molar-refractivity contribution in [3.05, 3.63) is 111 Å². The highest BCUT2D eigenvalue weighted by Crippen LogP contribution is 2.22. The summed E-state index contributed by atoms with van der Waals surface area (Å²) in [6.07, 6.45) is 3.12. The molecule has 38 heavy (non-hydrogen) atoms. The summed E-state index contributed by atoms with van der Waals surface area (Å²) in [6.45, 7) is 0. The van der Waals surface area contributed by atoms with E-state index >= 15 is 0 Å². The Balaban J connectivity index is 1.43. The van der Waals surface area contributed by atoms with E-state index in [4.69, 9.17) is 0 Å². The van der Waals surface area contributed by atoms with Crippen LogP contribution in [0.25, 0.3) is 6.08 Å². The second kappa shape index (κ2) is 13.1. The van der Waals surface area contributed by atoms with Gasteiger partial charge in [-0.2, -0.15) is 0 Å². The molecule has 0 spiro atoms. The number of carbonyl (C=O) groups excluding carboxylic acids is 3. The van der Waals surface area contributed by atoms with Gasteiger partial charge in [0.05, 0.1) is 11.3 Å². The molecule has 11 heteroatoms. The van der Waals surface area contributed by atoms with Gasteiger partial charge in [0.2, 0.25) is 5.91 Å². The Morgan fingerprint density at radius 3 is 2.39 bits per heavy atom. The fraction of sp³-hybridized carbons (Fsp3) is 0.0370. The van der Waals surface area contributed by atoms with E-state index in [1.54, 1.807) is 66.2 Å². The van der Waals surface area contributed by atoms with Crippen LogP contribution in [0.2, 0.25) is 0 Å². The van der Waals surface area contributed by atoms with Gasteiger partial charge in [0.1, 0.15) is 11.5 Å². The number of halogens is 2. The van der Waals surface area contributed by atoms with E-state index in [2.05, 4.69) is 36.9 Å². The summed E-state index contributed by atoms with van der Waals surface area (Å²) in [5.74, 6) is -1.99. The number of hydrogen-bond donors (Lipinski definition) is 3. The predicted octanol–water partition coefficient (Wildman–Crippen LogP) is 6.19. The molecule has 192 valence electrons. The molecule has 1 heterocycles. The van der Waals surface area contributed by atoms with Crippen molar-refractivity contribution >= 4 is 73.6 Å². The fourth-order valence-electron chi connectivity index (χ4n) is 3.14. The molecule has 3 N–H and O–H groups in total. The largest absolute Gasteiger partial charge is 0.321 e. The zero-order chi connectivity index (χ0) is 26.9. The summed E-state index contributed by atoms with van der Waals surface area (Å²) < 4.78 is 15.0. The molecule has 4 rings (SSSR count). The quantitative estimate of drug-likeness (QED) is 0.155. The number of nitrogens with one attached hydrogen (secondary N) is 3. The highest BCUT2D eigenvalue weighted by molar-refractivity contribution is 9.10. The number of thiazole rings is 1. The maximum atomic E-state index is 14.1. The van der Waals surface area contributed by atoms with Crippen LogP contribution in [0.3, 0.4) is 0 Å². The molecule has 0 fully saturated rings. The van der Waals surface area contributed by atoms with Gasteiger partial charge in [0, 0.05) is 26.6 Å². The summed E-state index contributed by atoms with van der Waals surface area (Å²) in [5, 5.41) is 10.3. The van der Waals surface area contributed by atoms with Crippen LogP contribution in [0.1, 0.15) is 15.9 Å². The fourth-order valence-corrected chi connectivity index (χ4v) is 4.65. The average Bonchev–Trinajstić information content (AvgIpc) is 3.42. The Bertz CT molecular complexity index is 1460. The smallest absolute Gasteiger partial charge is 0.272 e. The highest BCUT2D eigenvalue weighted by atomic mass is 79.9. The molecule has 0 atom stereocenters. The Labute approximate surface area is 234 Å². The monoisotopic (exact) mass is 610 g/mol. The lowest BCUT2D eigenvalue weighted by Gasteiger charge is -2.12. The zero-order valence-corrected chi connectivity index (χ0v) is 22.8. The highest BCUT2D eigenvalue weighted by Gasteiger charge is 2.17. The minimum absolute atomic E-state index is 0.0575. The Morgan fingerprint density at radius 1 is 0.974 bits per heavy atom. The van der Waals surface area contributed by atoms with Gasteiger partial charge < -0.3 is 16.0 Å². The van der Waals surface area contributed by atoms with Gasteiger partial charge in [0.15, 0.2) is 5.13 Å². The van der Waals surface area contributed by atoms with Crippen LogP contribution in [-0.4, -0.2) is 28.5 Å². The summed E-state index contributed by atoms with van der Waals surface area (Å²) in [7, 11) is 0. The van der Waals surface area contributed by atoms with Crippen LogP contribution < -0.4 is 16.0 Å². The zero-order valence-electron chi connectivity index (χ0n) is 19.6. The third-order valence-corrected chi connectivity index (χ3v) is 7.18. The number of anilines is 2. The van der Waals surface area contributed by atoms with E-state index in [9.17, 15) is 18.8 Å². The van der Waals surface area contributed by atoms with Crippen LogP contribution in [0.5, 0.6) is 0 Å². The van der Waals surface area contributed by atoms with E-state index in [1.165, 1.54) is 47.4 Å². The third kappa shape index (κ3) is 7.85. The molecular formula is C27H20BrFN4O3S2. The summed E-state index contributed by atoms with van der Waals surface area (Å²) >= 11 is 6.05. The lowest BCUT2D eigenvalue weighted by Crippen LogP contribution is -2.31. The second-order valence-electron chi connectivity index (χ2n) is 7.70. The second-order valence-corrected chi connectivity index (χ2v) is 10.6. The van der Waals surface area contributed by atoms with E-state index in [1.807, 2.05) is 0 Å². The molecule has 0 saturated carbocycles. The summed E-state index contributed by atoms with van der Waals surface area (Å²) in [4.78, 5) is 42.8. The molecule has 0 aliphatic rings. The topological polar surface area (TPSA) is 100 Å². The normalized spacial score (nSPS) is 11.1. The van der Waals surface area contributed by atoms with Crippen LogP contribution in [0, 0.1) is 5.82 Å². The van der Waals surface area contributed by atoms with Crippen molar-refractivity contribution in [3.63, 3.8) is 0 Å². The number of nitrogens with zero attached hydrogens (tertiary/aromatic N) is 1. The molecule has 3 amide bonds. The average molecular weight is 612 g/mol. The number of aromatic nitrogens is 1. The number of carbonyl (C=O) groups is 3. The van der Waals surface area contributed by atoms with Crippen molar-refractivity contribution in [2.24, 2.45) is 0 Å². The van der Waals surface area contributed by atoms with Crippen molar-refractivity contribution in [2.45, 2.75) is 4.90 Å². The van der Waals surface area contributed by atoms with Crippen molar-refractivity contribution in [1.29, 1.82) is 0 Å². The number of hydrogen-bond acceptors (Lipinski definition) is 6. The molecule has 0 unspecified atom stereocenters. The molecule has 0 radical (unpaired) electrons. The third-order valence-electron chi connectivity index (χ3n) is 4.95. The first kappa shape index (κ1) is 27.2.